The van der Waals surface area contributed by atoms with E-state index >= 15 is 0 Å². The molecule has 5 nitrogen and oxygen atoms in total. The lowest BCUT2D eigenvalue weighted by molar-refractivity contribution is -0.137. The molecule has 0 fully saturated rings. The highest BCUT2D eigenvalue weighted by Crippen LogP contribution is 2.37. The van der Waals surface area contributed by atoms with E-state index < -0.39 is 11.6 Å². The van der Waals surface area contributed by atoms with Crippen LogP contribution in [0.5, 0.6) is 5.75 Å². The summed E-state index contributed by atoms with van der Waals surface area (Å²) >= 11 is 0. The molecule has 0 aromatic heterocycles. The summed E-state index contributed by atoms with van der Waals surface area (Å²) in [6.07, 6.45) is 0.955. The van der Waals surface area contributed by atoms with E-state index in [2.05, 4.69) is 0 Å². The maximum absolute atomic E-state index is 14.0. The van der Waals surface area contributed by atoms with Crippen LogP contribution in [0.3, 0.4) is 0 Å². The first-order chi connectivity index (χ1) is 12.3. The predicted octanol–water partition coefficient (Wildman–Crippen LogP) is 2.92. The predicted molar refractivity (Wildman–Crippen MR) is 93.9 cm³/mol. The molecule has 2 aromatic rings. The second-order valence-electron chi connectivity index (χ2n) is 6.87. The van der Waals surface area contributed by atoms with Crippen molar-refractivity contribution >= 4 is 11.9 Å². The fourth-order valence-electron chi connectivity index (χ4n) is 3.29. The van der Waals surface area contributed by atoms with Crippen LogP contribution in [0.25, 0.3) is 0 Å². The molecule has 0 aliphatic carbocycles. The van der Waals surface area contributed by atoms with Crippen LogP contribution in [-0.4, -0.2) is 41.1 Å². The molecule has 1 N–H and O–H groups in total. The Morgan fingerprint density at radius 2 is 2.00 bits per heavy atom. The fourth-order valence-corrected chi connectivity index (χ4v) is 3.29. The zero-order chi connectivity index (χ0) is 18.9. The number of fused-ring (bicyclic) bond motifs is 1. The van der Waals surface area contributed by atoms with Gasteiger partial charge in [0.05, 0.1) is 0 Å². The van der Waals surface area contributed by atoms with Crippen molar-refractivity contribution in [1.82, 2.24) is 4.90 Å². The van der Waals surface area contributed by atoms with Crippen LogP contribution in [0, 0.1) is 5.82 Å². The SMILES string of the molecule is CN(CC(=O)O)C(=O)c1ccc2c(c1)C[C@@](C)(Cc1ccccc1F)O2. The summed E-state index contributed by atoms with van der Waals surface area (Å²) in [5.41, 5.74) is 1.25. The minimum absolute atomic E-state index is 0.264. The number of carboxylic acid groups (broad SMARTS) is 1. The number of amides is 1. The number of halogens is 1. The largest absolute Gasteiger partial charge is 0.487 e. The number of carbonyl (C=O) groups excluding carboxylic acids is 1. The molecule has 0 bridgehead atoms. The standard InChI is InChI=1S/C20H20FNO4/c1-20(10-14-5-3-4-6-16(14)21)11-15-9-13(7-8-17(15)26-20)19(25)22(2)12-18(23)24/h3-9H,10-12H2,1-2H3,(H,23,24)/t20-/m1/s1. The molecular weight excluding hydrogens is 337 g/mol. The summed E-state index contributed by atoms with van der Waals surface area (Å²) in [5.74, 6) is -1.03. The first-order valence-corrected chi connectivity index (χ1v) is 8.30. The Morgan fingerprint density at radius 1 is 1.27 bits per heavy atom. The van der Waals surface area contributed by atoms with E-state index in [0.717, 1.165) is 10.5 Å². The topological polar surface area (TPSA) is 66.8 Å². The van der Waals surface area contributed by atoms with Gasteiger partial charge in [0.1, 0.15) is 23.7 Å². The summed E-state index contributed by atoms with van der Waals surface area (Å²) in [4.78, 5) is 24.3. The molecule has 0 saturated carbocycles. The Kier molecular flexibility index (Phi) is 4.68. The Balaban J connectivity index is 1.78. The van der Waals surface area contributed by atoms with Crippen molar-refractivity contribution < 1.29 is 23.8 Å². The van der Waals surface area contributed by atoms with Gasteiger partial charge < -0.3 is 14.7 Å². The summed E-state index contributed by atoms with van der Waals surface area (Å²) < 4.78 is 20.0. The molecular formula is C20H20FNO4. The molecule has 6 heteroatoms. The van der Waals surface area contributed by atoms with E-state index in [9.17, 15) is 14.0 Å². The highest BCUT2D eigenvalue weighted by Gasteiger charge is 2.36. The molecule has 1 heterocycles. The fraction of sp³-hybridized carbons (Fsp3) is 0.300. The van der Waals surface area contributed by atoms with Crippen molar-refractivity contribution in [3.05, 3.63) is 65.0 Å². The monoisotopic (exact) mass is 357 g/mol. The van der Waals surface area contributed by atoms with Crippen LogP contribution >= 0.6 is 0 Å². The Hall–Kier alpha value is -2.89. The van der Waals surface area contributed by atoms with Crippen molar-refractivity contribution in [3.63, 3.8) is 0 Å². The van der Waals surface area contributed by atoms with Crippen LogP contribution in [0.15, 0.2) is 42.5 Å². The minimum Gasteiger partial charge on any atom is -0.487 e. The first kappa shape index (κ1) is 17.9. The number of aliphatic carboxylic acids is 1. The van der Waals surface area contributed by atoms with Crippen LogP contribution in [0.1, 0.15) is 28.4 Å². The van der Waals surface area contributed by atoms with E-state index in [1.807, 2.05) is 6.92 Å². The second-order valence-corrected chi connectivity index (χ2v) is 6.87. The van der Waals surface area contributed by atoms with Crippen molar-refractivity contribution in [1.29, 1.82) is 0 Å². The number of likely N-dealkylation sites (N-methyl/N-ethyl adjacent to an activating group) is 1. The normalized spacial score (nSPS) is 18.1. The van der Waals surface area contributed by atoms with Crippen molar-refractivity contribution in [2.75, 3.05) is 13.6 Å². The number of nitrogens with zero attached hydrogens (tertiary/aromatic N) is 1. The molecule has 1 amide bonds. The van der Waals surface area contributed by atoms with Crippen LogP contribution in [0.2, 0.25) is 0 Å². The van der Waals surface area contributed by atoms with Crippen LogP contribution < -0.4 is 4.74 Å². The number of benzene rings is 2. The third kappa shape index (κ3) is 3.69. The molecule has 3 rings (SSSR count). The molecule has 1 aliphatic rings. The first-order valence-electron chi connectivity index (χ1n) is 8.30. The minimum atomic E-state index is -1.07. The van der Waals surface area contributed by atoms with Crippen molar-refractivity contribution in [3.8, 4) is 5.75 Å². The van der Waals surface area contributed by atoms with E-state index in [1.54, 1.807) is 36.4 Å². The lowest BCUT2D eigenvalue weighted by atomic mass is 9.91. The zero-order valence-electron chi connectivity index (χ0n) is 14.7. The molecule has 1 atom stereocenters. The zero-order valence-corrected chi connectivity index (χ0v) is 14.7. The summed E-state index contributed by atoms with van der Waals surface area (Å²) in [6.45, 7) is 1.55. The van der Waals surface area contributed by atoms with Gasteiger partial charge in [0, 0.05) is 25.5 Å². The lowest BCUT2D eigenvalue weighted by Crippen LogP contribution is -2.33. The molecule has 136 valence electrons. The van der Waals surface area contributed by atoms with Gasteiger partial charge in [0.15, 0.2) is 0 Å². The molecule has 0 radical (unpaired) electrons. The lowest BCUT2D eigenvalue weighted by Gasteiger charge is -2.24. The number of rotatable bonds is 5. The van der Waals surface area contributed by atoms with Gasteiger partial charge in [-0.25, -0.2) is 4.39 Å². The Morgan fingerprint density at radius 3 is 2.69 bits per heavy atom. The molecule has 0 unspecified atom stereocenters. The highest BCUT2D eigenvalue weighted by molar-refractivity contribution is 5.96. The molecule has 0 spiro atoms. The summed E-state index contributed by atoms with van der Waals surface area (Å²) in [6, 6.07) is 11.7. The summed E-state index contributed by atoms with van der Waals surface area (Å²) in [5, 5.41) is 8.82. The van der Waals surface area contributed by atoms with E-state index in [-0.39, 0.29) is 18.3 Å². The number of ether oxygens (including phenoxy) is 1. The molecule has 2 aromatic carbocycles. The van der Waals surface area contributed by atoms with Crippen LogP contribution in [-0.2, 0) is 17.6 Å². The summed E-state index contributed by atoms with van der Waals surface area (Å²) in [7, 11) is 1.45. The smallest absolute Gasteiger partial charge is 0.323 e. The Labute approximate surface area is 151 Å². The van der Waals surface area contributed by atoms with Crippen LogP contribution in [0.4, 0.5) is 4.39 Å². The molecule has 1 aliphatic heterocycles. The van der Waals surface area contributed by atoms with Gasteiger partial charge in [-0.05, 0) is 42.3 Å². The average Bonchev–Trinajstić information content (AvgIpc) is 2.90. The third-order valence-corrected chi connectivity index (χ3v) is 4.47. The van der Waals surface area contributed by atoms with E-state index in [0.29, 0.717) is 29.7 Å². The van der Waals surface area contributed by atoms with Gasteiger partial charge in [-0.15, -0.1) is 0 Å². The number of carboxylic acids is 1. The number of carbonyl (C=O) groups is 2. The van der Waals surface area contributed by atoms with Crippen molar-refractivity contribution in [2.45, 2.75) is 25.4 Å². The quantitative estimate of drug-likeness (QED) is 0.893. The van der Waals surface area contributed by atoms with E-state index in [4.69, 9.17) is 9.84 Å². The van der Waals surface area contributed by atoms with Gasteiger partial charge >= 0.3 is 5.97 Å². The van der Waals surface area contributed by atoms with Gasteiger partial charge in [-0.2, -0.15) is 0 Å². The second kappa shape index (κ2) is 6.78. The Bertz CT molecular complexity index is 867. The van der Waals surface area contributed by atoms with Gasteiger partial charge in [-0.3, -0.25) is 9.59 Å². The molecule has 0 saturated heterocycles. The number of hydrogen-bond donors (Lipinski definition) is 1. The van der Waals surface area contributed by atoms with E-state index in [1.165, 1.54) is 13.1 Å². The average molecular weight is 357 g/mol. The number of hydrogen-bond acceptors (Lipinski definition) is 3. The highest BCUT2D eigenvalue weighted by atomic mass is 19.1. The third-order valence-electron chi connectivity index (χ3n) is 4.47. The van der Waals surface area contributed by atoms with Crippen molar-refractivity contribution in [2.24, 2.45) is 0 Å². The van der Waals surface area contributed by atoms with Gasteiger partial charge in [-0.1, -0.05) is 18.2 Å². The van der Waals surface area contributed by atoms with Gasteiger partial charge in [0.25, 0.3) is 5.91 Å². The molecule has 26 heavy (non-hydrogen) atoms. The van der Waals surface area contributed by atoms with Gasteiger partial charge in [0.2, 0.25) is 0 Å². The maximum atomic E-state index is 14.0. The maximum Gasteiger partial charge on any atom is 0.323 e.